The average molecular weight is 253 g/mol. The van der Waals surface area contributed by atoms with Crippen LogP contribution in [0.2, 0.25) is 0 Å². The molecule has 0 bridgehead atoms. The normalized spacial score (nSPS) is 12.2. The highest BCUT2D eigenvalue weighted by Gasteiger charge is 2.08. The summed E-state index contributed by atoms with van der Waals surface area (Å²) in [7, 11) is 1.41. The third kappa shape index (κ3) is 4.79. The molecule has 0 heterocycles. The minimum absolute atomic E-state index is 0.200. The Balaban J connectivity index is 2.67. The van der Waals surface area contributed by atoms with E-state index in [1.807, 2.05) is 18.2 Å². The largest absolute Gasteiger partial charge is 0.469 e. The molecule has 0 saturated heterocycles. The molecule has 1 atom stereocenters. The molecule has 0 aliphatic rings. The van der Waals surface area contributed by atoms with Crippen molar-refractivity contribution in [3.8, 4) is 0 Å². The number of nitrogens with two attached hydrogens (primary N) is 1. The number of esters is 1. The van der Waals surface area contributed by atoms with Crippen molar-refractivity contribution < 1.29 is 9.53 Å². The van der Waals surface area contributed by atoms with Crippen LogP contribution in [0.3, 0.4) is 0 Å². The molecule has 0 radical (unpaired) electrons. The summed E-state index contributed by atoms with van der Waals surface area (Å²) in [6, 6.07) is 7.96. The van der Waals surface area contributed by atoms with Crippen LogP contribution in [0.25, 0.3) is 0 Å². The Kier molecular flexibility index (Phi) is 6.08. The molecular weight excluding hydrogens is 234 g/mol. The zero-order valence-electron chi connectivity index (χ0n) is 10.3. The number of hydrogen-bond acceptors (Lipinski definition) is 4. The molecule has 0 saturated carbocycles. The first kappa shape index (κ1) is 14.1. The Morgan fingerprint density at radius 2 is 2.06 bits per heavy atom. The summed E-state index contributed by atoms with van der Waals surface area (Å²) in [4.78, 5) is 11.3. The molecule has 94 valence electrons. The minimum atomic E-state index is -0.200. The zero-order valence-corrected chi connectivity index (χ0v) is 11.1. The molecule has 0 amide bonds. The van der Waals surface area contributed by atoms with Gasteiger partial charge in [-0.2, -0.15) is 11.8 Å². The van der Waals surface area contributed by atoms with Crippen molar-refractivity contribution in [2.75, 3.05) is 13.7 Å². The summed E-state index contributed by atoms with van der Waals surface area (Å²) < 4.78 is 4.69. The van der Waals surface area contributed by atoms with Gasteiger partial charge in [0.25, 0.3) is 0 Å². The Morgan fingerprint density at radius 1 is 1.41 bits per heavy atom. The number of carbonyl (C=O) groups is 1. The molecule has 17 heavy (non-hydrogen) atoms. The molecule has 1 unspecified atom stereocenters. The first-order chi connectivity index (χ1) is 8.17. The maximum absolute atomic E-state index is 11.3. The van der Waals surface area contributed by atoms with Crippen molar-refractivity contribution in [1.82, 2.24) is 0 Å². The molecular formula is C13H19NO2S. The average Bonchev–Trinajstić information content (AvgIpc) is 2.37. The highest BCUT2D eigenvalue weighted by atomic mass is 32.2. The SMILES string of the molecule is COC(=O)Cc1ccccc1CSC(C)CN. The van der Waals surface area contributed by atoms with Gasteiger partial charge in [0.05, 0.1) is 13.5 Å². The molecule has 3 nitrogen and oxygen atoms in total. The molecule has 0 spiro atoms. The van der Waals surface area contributed by atoms with E-state index in [9.17, 15) is 4.79 Å². The first-order valence-corrected chi connectivity index (χ1v) is 6.67. The van der Waals surface area contributed by atoms with Gasteiger partial charge in [-0.15, -0.1) is 0 Å². The number of rotatable bonds is 6. The lowest BCUT2D eigenvalue weighted by molar-refractivity contribution is -0.139. The standard InChI is InChI=1S/C13H19NO2S/c1-10(8-14)17-9-12-6-4-3-5-11(12)7-13(15)16-2/h3-6,10H,7-9,14H2,1-2H3. The van der Waals surface area contributed by atoms with Gasteiger partial charge in [0.15, 0.2) is 0 Å². The predicted molar refractivity (Wildman–Crippen MR) is 72.0 cm³/mol. The fourth-order valence-corrected chi connectivity index (χ4v) is 2.28. The van der Waals surface area contributed by atoms with Crippen LogP contribution < -0.4 is 5.73 Å². The van der Waals surface area contributed by atoms with Crippen molar-refractivity contribution in [2.45, 2.75) is 24.3 Å². The van der Waals surface area contributed by atoms with Crippen LogP contribution in [0.1, 0.15) is 18.1 Å². The van der Waals surface area contributed by atoms with E-state index in [2.05, 4.69) is 13.0 Å². The zero-order chi connectivity index (χ0) is 12.7. The summed E-state index contributed by atoms with van der Waals surface area (Å²) in [5.41, 5.74) is 7.80. The number of hydrogen-bond donors (Lipinski definition) is 1. The molecule has 0 fully saturated rings. The van der Waals surface area contributed by atoms with Gasteiger partial charge in [0, 0.05) is 17.5 Å². The third-order valence-electron chi connectivity index (χ3n) is 2.54. The van der Waals surface area contributed by atoms with Crippen molar-refractivity contribution in [1.29, 1.82) is 0 Å². The molecule has 1 aromatic rings. The van der Waals surface area contributed by atoms with E-state index < -0.39 is 0 Å². The van der Waals surface area contributed by atoms with Crippen molar-refractivity contribution in [3.63, 3.8) is 0 Å². The van der Waals surface area contributed by atoms with Gasteiger partial charge in [0.1, 0.15) is 0 Å². The second-order valence-corrected chi connectivity index (χ2v) is 5.31. The summed E-state index contributed by atoms with van der Waals surface area (Å²) >= 11 is 1.80. The van der Waals surface area contributed by atoms with Crippen LogP contribution in [-0.2, 0) is 21.7 Å². The molecule has 1 rings (SSSR count). The van der Waals surface area contributed by atoms with Crippen LogP contribution in [-0.4, -0.2) is 24.9 Å². The lowest BCUT2D eigenvalue weighted by atomic mass is 10.1. The van der Waals surface area contributed by atoms with Crippen LogP contribution in [0.15, 0.2) is 24.3 Å². The highest BCUT2D eigenvalue weighted by molar-refractivity contribution is 7.99. The van der Waals surface area contributed by atoms with Gasteiger partial charge in [-0.25, -0.2) is 0 Å². The highest BCUT2D eigenvalue weighted by Crippen LogP contribution is 2.20. The number of thioether (sulfide) groups is 1. The lowest BCUT2D eigenvalue weighted by Gasteiger charge is -2.11. The van der Waals surface area contributed by atoms with E-state index in [0.717, 1.165) is 11.3 Å². The summed E-state index contributed by atoms with van der Waals surface area (Å²) in [5, 5.41) is 0.432. The summed E-state index contributed by atoms with van der Waals surface area (Å²) in [5.74, 6) is 0.681. The van der Waals surface area contributed by atoms with Crippen LogP contribution in [0, 0.1) is 0 Å². The van der Waals surface area contributed by atoms with Crippen molar-refractivity contribution in [3.05, 3.63) is 35.4 Å². The Bertz CT molecular complexity index is 368. The number of carbonyl (C=O) groups excluding carboxylic acids is 1. The third-order valence-corrected chi connectivity index (χ3v) is 3.78. The predicted octanol–water partition coefficient (Wildman–Crippen LogP) is 1.98. The van der Waals surface area contributed by atoms with Gasteiger partial charge in [0.2, 0.25) is 0 Å². The van der Waals surface area contributed by atoms with Crippen LogP contribution >= 0.6 is 11.8 Å². The van der Waals surface area contributed by atoms with E-state index in [1.54, 1.807) is 11.8 Å². The molecule has 1 aromatic carbocycles. The monoisotopic (exact) mass is 253 g/mol. The fraction of sp³-hybridized carbons (Fsp3) is 0.462. The Hall–Kier alpha value is -1.00. The minimum Gasteiger partial charge on any atom is -0.469 e. The number of benzene rings is 1. The maximum Gasteiger partial charge on any atom is 0.309 e. The van der Waals surface area contributed by atoms with E-state index in [4.69, 9.17) is 10.5 Å². The summed E-state index contributed by atoms with van der Waals surface area (Å²) in [6.45, 7) is 2.78. The molecule has 2 N–H and O–H groups in total. The maximum atomic E-state index is 11.3. The van der Waals surface area contributed by atoms with Crippen LogP contribution in [0.5, 0.6) is 0 Å². The number of ether oxygens (including phenoxy) is 1. The van der Waals surface area contributed by atoms with E-state index in [1.165, 1.54) is 12.7 Å². The van der Waals surface area contributed by atoms with E-state index >= 15 is 0 Å². The van der Waals surface area contributed by atoms with Gasteiger partial charge in [-0.1, -0.05) is 31.2 Å². The van der Waals surface area contributed by atoms with E-state index in [-0.39, 0.29) is 5.97 Å². The fourth-order valence-electron chi connectivity index (χ4n) is 1.40. The molecule has 0 aromatic heterocycles. The quantitative estimate of drug-likeness (QED) is 0.788. The van der Waals surface area contributed by atoms with Gasteiger partial charge < -0.3 is 10.5 Å². The second kappa shape index (κ2) is 7.35. The molecule has 0 aliphatic carbocycles. The Labute approximate surface area is 107 Å². The smallest absolute Gasteiger partial charge is 0.309 e. The van der Waals surface area contributed by atoms with Gasteiger partial charge in [-0.05, 0) is 11.1 Å². The first-order valence-electron chi connectivity index (χ1n) is 5.62. The molecule has 4 heteroatoms. The Morgan fingerprint density at radius 3 is 2.65 bits per heavy atom. The van der Waals surface area contributed by atoms with Gasteiger partial charge >= 0.3 is 5.97 Å². The second-order valence-electron chi connectivity index (χ2n) is 3.88. The lowest BCUT2D eigenvalue weighted by Crippen LogP contribution is -2.13. The molecule has 0 aliphatic heterocycles. The van der Waals surface area contributed by atoms with Crippen molar-refractivity contribution in [2.24, 2.45) is 5.73 Å². The van der Waals surface area contributed by atoms with Crippen molar-refractivity contribution >= 4 is 17.7 Å². The topological polar surface area (TPSA) is 52.3 Å². The van der Waals surface area contributed by atoms with Crippen LogP contribution in [0.4, 0.5) is 0 Å². The van der Waals surface area contributed by atoms with E-state index in [0.29, 0.717) is 18.2 Å². The summed E-state index contributed by atoms with van der Waals surface area (Å²) in [6.07, 6.45) is 0.338. The van der Waals surface area contributed by atoms with Gasteiger partial charge in [-0.3, -0.25) is 4.79 Å². The number of methoxy groups -OCH3 is 1.